The number of ether oxygens (including phenoxy) is 2. The van der Waals surface area contributed by atoms with Crippen molar-refractivity contribution in [2.75, 3.05) is 13.7 Å². The molecule has 0 aliphatic heterocycles. The van der Waals surface area contributed by atoms with Crippen LogP contribution in [0.4, 0.5) is 0 Å². The van der Waals surface area contributed by atoms with Crippen LogP contribution in [0.5, 0.6) is 5.75 Å². The molecule has 4 aromatic rings. The summed E-state index contributed by atoms with van der Waals surface area (Å²) in [6.45, 7) is 2.20. The number of rotatable bonds is 6. The summed E-state index contributed by atoms with van der Waals surface area (Å²) in [5.41, 5.74) is 1.04. The van der Waals surface area contributed by atoms with Crippen LogP contribution < -0.4 is 10.4 Å². The molecule has 2 aromatic heterocycles. The van der Waals surface area contributed by atoms with Crippen molar-refractivity contribution < 1.29 is 23.1 Å². The highest BCUT2D eigenvalue weighted by Gasteiger charge is 2.15. The van der Waals surface area contributed by atoms with E-state index in [0.717, 1.165) is 11.3 Å². The van der Waals surface area contributed by atoms with Gasteiger partial charge in [-0.25, -0.2) is 14.6 Å². The number of esters is 1. The molecular weight excluding hydrogens is 422 g/mol. The van der Waals surface area contributed by atoms with Crippen LogP contribution in [0, 0.1) is 6.92 Å². The molecule has 0 aliphatic carbocycles. The summed E-state index contributed by atoms with van der Waals surface area (Å²) in [4.78, 5) is 28.2. The largest absolute Gasteiger partial charge is 0.493 e. The van der Waals surface area contributed by atoms with Gasteiger partial charge in [0.2, 0.25) is 5.89 Å². The maximum Gasteiger partial charge on any atom is 0.351 e. The molecule has 0 fully saturated rings. The first-order valence-electron chi connectivity index (χ1n) is 9.46. The SMILES string of the molecule is COC(=O)c1cc2ccc(OCCc3nc(-c4ccc(Cl)cc4)oc3C)cc2oc1=O. The maximum atomic E-state index is 12.0. The van der Waals surface area contributed by atoms with Crippen molar-refractivity contribution in [3.63, 3.8) is 0 Å². The number of carbonyl (C=O) groups is 1. The standard InChI is InChI=1S/C23H18ClNO6/c1-13-19(25-21(30-13)14-3-6-16(24)7-4-14)9-10-29-17-8-5-15-11-18(22(26)28-2)23(27)31-20(15)12-17/h3-8,11-12H,9-10H2,1-2H3. The topological polar surface area (TPSA) is 91.8 Å². The number of hydrogen-bond donors (Lipinski definition) is 0. The molecule has 0 saturated heterocycles. The predicted molar refractivity (Wildman–Crippen MR) is 115 cm³/mol. The number of halogens is 1. The van der Waals surface area contributed by atoms with Gasteiger partial charge in [-0.05, 0) is 49.4 Å². The molecule has 0 spiro atoms. The Kier molecular flexibility index (Phi) is 5.77. The third-order valence-corrected chi connectivity index (χ3v) is 4.96. The van der Waals surface area contributed by atoms with E-state index in [1.54, 1.807) is 30.3 Å². The normalized spacial score (nSPS) is 10.9. The molecule has 2 heterocycles. The van der Waals surface area contributed by atoms with Gasteiger partial charge in [-0.15, -0.1) is 0 Å². The third kappa shape index (κ3) is 4.46. The van der Waals surface area contributed by atoms with E-state index in [1.165, 1.54) is 13.2 Å². The summed E-state index contributed by atoms with van der Waals surface area (Å²) in [7, 11) is 1.21. The molecule has 0 aliphatic rings. The number of benzene rings is 2. The lowest BCUT2D eigenvalue weighted by Gasteiger charge is -2.06. The van der Waals surface area contributed by atoms with Crippen LogP contribution in [-0.2, 0) is 11.2 Å². The fourth-order valence-electron chi connectivity index (χ4n) is 3.08. The summed E-state index contributed by atoms with van der Waals surface area (Å²) in [5, 5.41) is 1.24. The molecule has 0 bridgehead atoms. The van der Waals surface area contributed by atoms with Crippen LogP contribution in [0.25, 0.3) is 22.4 Å². The van der Waals surface area contributed by atoms with Gasteiger partial charge in [-0.2, -0.15) is 0 Å². The second-order valence-corrected chi connectivity index (χ2v) is 7.20. The first kappa shape index (κ1) is 20.7. The van der Waals surface area contributed by atoms with Crippen molar-refractivity contribution in [1.29, 1.82) is 0 Å². The number of carbonyl (C=O) groups excluding carboxylic acids is 1. The number of aryl methyl sites for hydroxylation is 1. The zero-order valence-corrected chi connectivity index (χ0v) is 17.6. The zero-order valence-electron chi connectivity index (χ0n) is 16.8. The molecule has 0 saturated carbocycles. The Balaban J connectivity index is 1.45. The lowest BCUT2D eigenvalue weighted by molar-refractivity contribution is 0.0596. The molecule has 7 nitrogen and oxygen atoms in total. The number of hydrogen-bond acceptors (Lipinski definition) is 7. The highest BCUT2D eigenvalue weighted by atomic mass is 35.5. The van der Waals surface area contributed by atoms with Gasteiger partial charge in [0.15, 0.2) is 0 Å². The monoisotopic (exact) mass is 439 g/mol. The number of oxazole rings is 1. The zero-order chi connectivity index (χ0) is 22.0. The van der Waals surface area contributed by atoms with Crippen molar-refractivity contribution in [3.8, 4) is 17.2 Å². The minimum Gasteiger partial charge on any atom is -0.493 e. The molecule has 158 valence electrons. The van der Waals surface area contributed by atoms with Crippen LogP contribution in [0.2, 0.25) is 5.02 Å². The minimum absolute atomic E-state index is 0.151. The Labute approximate surface area is 182 Å². The molecule has 0 N–H and O–H groups in total. The number of aromatic nitrogens is 1. The Morgan fingerprint density at radius 2 is 1.87 bits per heavy atom. The molecule has 2 aromatic carbocycles. The summed E-state index contributed by atoms with van der Waals surface area (Å²) in [6.07, 6.45) is 0.534. The molecule has 4 rings (SSSR count). The highest BCUT2D eigenvalue weighted by Crippen LogP contribution is 2.24. The molecule has 0 atom stereocenters. The quantitative estimate of drug-likeness (QED) is 0.314. The van der Waals surface area contributed by atoms with Gasteiger partial charge in [-0.3, -0.25) is 0 Å². The molecule has 31 heavy (non-hydrogen) atoms. The lowest BCUT2D eigenvalue weighted by atomic mass is 10.2. The second kappa shape index (κ2) is 8.65. The van der Waals surface area contributed by atoms with Crippen LogP contribution in [-0.4, -0.2) is 24.7 Å². The van der Waals surface area contributed by atoms with Crippen LogP contribution >= 0.6 is 11.6 Å². The van der Waals surface area contributed by atoms with E-state index in [1.807, 2.05) is 19.1 Å². The van der Waals surface area contributed by atoms with E-state index in [0.29, 0.717) is 46.4 Å². The average Bonchev–Trinajstić information content (AvgIpc) is 3.13. The van der Waals surface area contributed by atoms with E-state index in [2.05, 4.69) is 9.72 Å². The predicted octanol–water partition coefficient (Wildman–Crippen LogP) is 4.82. The number of fused-ring (bicyclic) bond motifs is 1. The van der Waals surface area contributed by atoms with Crippen molar-refractivity contribution in [2.45, 2.75) is 13.3 Å². The van der Waals surface area contributed by atoms with Gasteiger partial charge in [0.05, 0.1) is 19.4 Å². The van der Waals surface area contributed by atoms with E-state index >= 15 is 0 Å². The Bertz CT molecular complexity index is 1310. The second-order valence-electron chi connectivity index (χ2n) is 6.77. The van der Waals surface area contributed by atoms with E-state index < -0.39 is 11.6 Å². The summed E-state index contributed by atoms with van der Waals surface area (Å²) in [6, 6.07) is 13.8. The molecule has 0 radical (unpaired) electrons. The van der Waals surface area contributed by atoms with Crippen molar-refractivity contribution in [3.05, 3.63) is 81.0 Å². The van der Waals surface area contributed by atoms with Gasteiger partial charge in [-0.1, -0.05) is 11.6 Å². The molecule has 8 heteroatoms. The molecule has 0 unspecified atom stereocenters. The molecular formula is C23H18ClNO6. The number of nitrogens with zero attached hydrogens (tertiary/aromatic N) is 1. The third-order valence-electron chi connectivity index (χ3n) is 4.70. The average molecular weight is 440 g/mol. The highest BCUT2D eigenvalue weighted by molar-refractivity contribution is 6.30. The van der Waals surface area contributed by atoms with Gasteiger partial charge in [0.1, 0.15) is 22.7 Å². The number of methoxy groups -OCH3 is 1. The summed E-state index contributed by atoms with van der Waals surface area (Å²) >= 11 is 5.92. The van der Waals surface area contributed by atoms with Gasteiger partial charge >= 0.3 is 11.6 Å². The van der Waals surface area contributed by atoms with Gasteiger partial charge < -0.3 is 18.3 Å². The summed E-state index contributed by atoms with van der Waals surface area (Å²) in [5.74, 6) is 1.03. The maximum absolute atomic E-state index is 12.0. The van der Waals surface area contributed by atoms with Gasteiger partial charge in [0, 0.05) is 28.5 Å². The Hall–Kier alpha value is -3.58. The smallest absolute Gasteiger partial charge is 0.351 e. The van der Waals surface area contributed by atoms with Crippen molar-refractivity contribution in [1.82, 2.24) is 4.98 Å². The van der Waals surface area contributed by atoms with E-state index in [-0.39, 0.29) is 5.56 Å². The molecule has 0 amide bonds. The lowest BCUT2D eigenvalue weighted by Crippen LogP contribution is -2.14. The first-order chi connectivity index (χ1) is 14.9. The van der Waals surface area contributed by atoms with Gasteiger partial charge in [0.25, 0.3) is 0 Å². The van der Waals surface area contributed by atoms with E-state index in [4.69, 9.17) is 25.2 Å². The fraction of sp³-hybridized carbons (Fsp3) is 0.174. The van der Waals surface area contributed by atoms with Crippen LogP contribution in [0.1, 0.15) is 21.8 Å². The minimum atomic E-state index is -0.760. The van der Waals surface area contributed by atoms with Crippen LogP contribution in [0.3, 0.4) is 0 Å². The van der Waals surface area contributed by atoms with Crippen LogP contribution in [0.15, 0.2) is 62.2 Å². The Morgan fingerprint density at radius 3 is 2.61 bits per heavy atom. The van der Waals surface area contributed by atoms with E-state index in [9.17, 15) is 9.59 Å². The van der Waals surface area contributed by atoms with Crippen molar-refractivity contribution >= 4 is 28.5 Å². The summed E-state index contributed by atoms with van der Waals surface area (Å²) < 4.78 is 21.4. The Morgan fingerprint density at radius 1 is 1.10 bits per heavy atom. The van der Waals surface area contributed by atoms with Crippen molar-refractivity contribution in [2.24, 2.45) is 0 Å². The first-order valence-corrected chi connectivity index (χ1v) is 9.83. The fourth-order valence-corrected chi connectivity index (χ4v) is 3.20.